The molecule has 1 saturated carbocycles. The zero-order chi connectivity index (χ0) is 27.4. The van der Waals surface area contributed by atoms with Crippen LogP contribution in [0.4, 0.5) is 39.5 Å². The molecule has 1 aliphatic heterocycles. The summed E-state index contributed by atoms with van der Waals surface area (Å²) in [6, 6.07) is 3.62. The number of benzene rings is 2. The summed E-state index contributed by atoms with van der Waals surface area (Å²) in [7, 11) is 0. The van der Waals surface area contributed by atoms with Crippen molar-refractivity contribution >= 4 is 23.2 Å². The predicted molar refractivity (Wildman–Crippen MR) is 112 cm³/mol. The van der Waals surface area contributed by atoms with E-state index in [9.17, 15) is 44.3 Å². The molecular weight excluding hydrogens is 543 g/mol. The number of amides is 1. The molecule has 2 aliphatic rings. The number of carbonyl (C=O) groups is 1. The molecule has 1 unspecified atom stereocenters. The van der Waals surface area contributed by atoms with E-state index in [1.54, 1.807) is 0 Å². The van der Waals surface area contributed by atoms with Gasteiger partial charge in [0.1, 0.15) is 0 Å². The lowest BCUT2D eigenvalue weighted by molar-refractivity contribution is -0.276. The number of hydrogen-bond donors (Lipinski definition) is 1. The Morgan fingerprint density at radius 1 is 0.973 bits per heavy atom. The number of hydrogen-bond acceptors (Lipinski definition) is 3. The predicted octanol–water partition coefficient (Wildman–Crippen LogP) is 6.99. The summed E-state index contributed by atoms with van der Waals surface area (Å²) < 4.78 is 122. The lowest BCUT2D eigenvalue weighted by Crippen LogP contribution is -2.43. The minimum atomic E-state index is -5.44. The van der Waals surface area contributed by atoms with Crippen molar-refractivity contribution in [3.05, 3.63) is 69.2 Å². The van der Waals surface area contributed by atoms with Crippen LogP contribution in [-0.4, -0.2) is 17.8 Å². The third-order valence-electron chi connectivity index (χ3n) is 6.03. The fraction of sp³-hybridized carbons (Fsp3) is 0.391. The quantitative estimate of drug-likeness (QED) is 0.402. The molecule has 4 nitrogen and oxygen atoms in total. The van der Waals surface area contributed by atoms with Crippen molar-refractivity contribution in [2.75, 3.05) is 0 Å². The van der Waals surface area contributed by atoms with Gasteiger partial charge in [-0.2, -0.15) is 39.5 Å². The highest BCUT2D eigenvalue weighted by atomic mass is 35.5. The third kappa shape index (κ3) is 5.51. The molecule has 1 aliphatic carbocycles. The maximum absolute atomic E-state index is 14.2. The first-order valence-corrected chi connectivity index (χ1v) is 11.1. The molecule has 0 saturated heterocycles. The molecule has 200 valence electrons. The summed E-state index contributed by atoms with van der Waals surface area (Å²) in [5.74, 6) is -0.227. The van der Waals surface area contributed by atoms with Crippen LogP contribution in [0.3, 0.4) is 0 Å². The van der Waals surface area contributed by atoms with Gasteiger partial charge in [-0.3, -0.25) is 4.79 Å². The van der Waals surface area contributed by atoms with Crippen LogP contribution in [0.15, 0.2) is 41.6 Å². The Morgan fingerprint density at radius 3 is 2.05 bits per heavy atom. The Balaban J connectivity index is 1.66. The van der Waals surface area contributed by atoms with Crippen molar-refractivity contribution in [3.8, 4) is 0 Å². The van der Waals surface area contributed by atoms with Gasteiger partial charge in [-0.25, -0.2) is 0 Å². The van der Waals surface area contributed by atoms with Crippen LogP contribution in [0.1, 0.15) is 47.1 Å². The van der Waals surface area contributed by atoms with Gasteiger partial charge in [-0.05, 0) is 42.7 Å². The van der Waals surface area contributed by atoms with E-state index in [0.717, 1.165) is 12.8 Å². The maximum atomic E-state index is 14.2. The monoisotopic (exact) mass is 558 g/mol. The first-order chi connectivity index (χ1) is 17.0. The van der Waals surface area contributed by atoms with Crippen LogP contribution in [0.2, 0.25) is 5.02 Å². The van der Waals surface area contributed by atoms with Crippen LogP contribution < -0.4 is 5.32 Å². The molecule has 0 radical (unpaired) electrons. The first kappa shape index (κ1) is 27.1. The van der Waals surface area contributed by atoms with E-state index < -0.39 is 53.0 Å². The molecule has 1 fully saturated rings. The standard InChI is InChI=1S/C23H16ClF9N2O2/c24-17-5-12(3-4-13(17)10-34-19(36)11-1-2-11)18-9-20(37-35-18,23(31,32)33)14-6-15(21(25,26)27)8-16(7-14)22(28,29)30/h3-8,11H,1-2,9-10H2,(H,34,36). The highest BCUT2D eigenvalue weighted by molar-refractivity contribution is 6.31. The van der Waals surface area contributed by atoms with Crippen LogP contribution in [0, 0.1) is 5.92 Å². The fourth-order valence-electron chi connectivity index (χ4n) is 3.79. The molecule has 1 N–H and O–H groups in total. The van der Waals surface area contributed by atoms with Gasteiger partial charge in [0, 0.05) is 35.0 Å². The number of nitrogens with one attached hydrogen (secondary N) is 1. The van der Waals surface area contributed by atoms with Crippen LogP contribution in [0.25, 0.3) is 0 Å². The molecule has 0 bridgehead atoms. The number of rotatable bonds is 5. The lowest BCUT2D eigenvalue weighted by atomic mass is 9.84. The summed E-state index contributed by atoms with van der Waals surface area (Å²) in [6.07, 6.45) is -15.8. The summed E-state index contributed by atoms with van der Waals surface area (Å²) >= 11 is 6.19. The van der Waals surface area contributed by atoms with Crippen molar-refractivity contribution < 1.29 is 49.1 Å². The van der Waals surface area contributed by atoms with Gasteiger partial charge >= 0.3 is 18.5 Å². The van der Waals surface area contributed by atoms with Gasteiger partial charge in [0.05, 0.1) is 16.8 Å². The van der Waals surface area contributed by atoms with Crippen LogP contribution in [0.5, 0.6) is 0 Å². The number of oxime groups is 1. The smallest absolute Gasteiger partial charge is 0.374 e. The Hall–Kier alpha value is -2.96. The molecule has 2 aromatic rings. The molecule has 2 aromatic carbocycles. The van der Waals surface area contributed by atoms with Gasteiger partial charge in [-0.15, -0.1) is 0 Å². The summed E-state index contributed by atoms with van der Waals surface area (Å²) in [5.41, 5.74) is -8.78. The van der Waals surface area contributed by atoms with Gasteiger partial charge in [-0.1, -0.05) is 28.9 Å². The molecule has 4 rings (SSSR count). The van der Waals surface area contributed by atoms with E-state index in [2.05, 4.69) is 15.3 Å². The van der Waals surface area contributed by atoms with Crippen molar-refractivity contribution in [3.63, 3.8) is 0 Å². The average molecular weight is 559 g/mol. The van der Waals surface area contributed by atoms with E-state index in [1.165, 1.54) is 18.2 Å². The van der Waals surface area contributed by atoms with Crippen molar-refractivity contribution in [2.24, 2.45) is 11.1 Å². The minimum Gasteiger partial charge on any atom is -0.374 e. The van der Waals surface area contributed by atoms with E-state index in [-0.39, 0.29) is 47.2 Å². The zero-order valence-corrected chi connectivity index (χ0v) is 19.2. The Labute approximate surface area is 208 Å². The molecule has 0 spiro atoms. The van der Waals surface area contributed by atoms with E-state index >= 15 is 0 Å². The topological polar surface area (TPSA) is 50.7 Å². The number of carbonyl (C=O) groups excluding carboxylic acids is 1. The SMILES string of the molecule is O=C(NCc1ccc(C2=NOC(c3cc(C(F)(F)F)cc(C(F)(F)F)c3)(C(F)(F)F)C2)cc1Cl)C1CC1. The second kappa shape index (κ2) is 9.10. The molecule has 1 heterocycles. The second-order valence-corrected chi connectivity index (χ2v) is 9.13. The molecule has 1 atom stereocenters. The van der Waals surface area contributed by atoms with Gasteiger partial charge in [0.2, 0.25) is 5.91 Å². The fourth-order valence-corrected chi connectivity index (χ4v) is 4.04. The summed E-state index contributed by atoms with van der Waals surface area (Å²) in [4.78, 5) is 16.4. The van der Waals surface area contributed by atoms with Gasteiger partial charge < -0.3 is 10.2 Å². The third-order valence-corrected chi connectivity index (χ3v) is 6.38. The van der Waals surface area contributed by atoms with E-state index in [4.69, 9.17) is 11.6 Å². The molecule has 14 heteroatoms. The first-order valence-electron chi connectivity index (χ1n) is 10.7. The normalized spacial score (nSPS) is 20.4. The molecular formula is C23H16ClF9N2O2. The molecule has 1 amide bonds. The van der Waals surface area contributed by atoms with Crippen molar-refractivity contribution in [2.45, 2.75) is 49.9 Å². The van der Waals surface area contributed by atoms with Crippen molar-refractivity contribution in [1.29, 1.82) is 0 Å². The zero-order valence-electron chi connectivity index (χ0n) is 18.4. The Kier molecular flexibility index (Phi) is 6.66. The van der Waals surface area contributed by atoms with Crippen LogP contribution in [-0.2, 0) is 34.1 Å². The Morgan fingerprint density at radius 2 is 1.57 bits per heavy atom. The van der Waals surface area contributed by atoms with Gasteiger partial charge in [0.15, 0.2) is 0 Å². The molecule has 37 heavy (non-hydrogen) atoms. The number of alkyl halides is 9. The van der Waals surface area contributed by atoms with Gasteiger partial charge in [0.25, 0.3) is 5.60 Å². The second-order valence-electron chi connectivity index (χ2n) is 8.72. The number of nitrogens with zero attached hydrogens (tertiary/aromatic N) is 1. The average Bonchev–Trinajstić information content (AvgIpc) is 3.53. The highest BCUT2D eigenvalue weighted by Crippen LogP contribution is 2.51. The summed E-state index contributed by atoms with van der Waals surface area (Å²) in [6.45, 7) is 0.0500. The molecule has 0 aromatic heterocycles. The number of halogens is 10. The van der Waals surface area contributed by atoms with Crippen molar-refractivity contribution in [1.82, 2.24) is 5.32 Å². The Bertz CT molecular complexity index is 1220. The van der Waals surface area contributed by atoms with E-state index in [1.807, 2.05) is 0 Å². The largest absolute Gasteiger partial charge is 0.435 e. The van der Waals surface area contributed by atoms with Crippen LogP contribution >= 0.6 is 11.6 Å². The summed E-state index contributed by atoms with van der Waals surface area (Å²) in [5, 5.41) is 6.09. The minimum absolute atomic E-state index is 0.0106. The highest BCUT2D eigenvalue weighted by Gasteiger charge is 2.63. The maximum Gasteiger partial charge on any atom is 0.435 e. The van der Waals surface area contributed by atoms with E-state index in [0.29, 0.717) is 5.56 Å². The lowest BCUT2D eigenvalue weighted by Gasteiger charge is -2.30.